The van der Waals surface area contributed by atoms with Crippen LogP contribution >= 0.6 is 0 Å². The van der Waals surface area contributed by atoms with Crippen molar-refractivity contribution in [2.24, 2.45) is 0 Å². The van der Waals surface area contributed by atoms with E-state index in [1.165, 1.54) is 193 Å². The highest BCUT2D eigenvalue weighted by molar-refractivity contribution is 5.71. The zero-order chi connectivity index (χ0) is 50.7. The van der Waals surface area contributed by atoms with Crippen LogP contribution in [-0.4, -0.2) is 37.2 Å². The summed E-state index contributed by atoms with van der Waals surface area (Å²) in [5, 5.41) is 0. The summed E-state index contributed by atoms with van der Waals surface area (Å²) in [6.07, 6.45) is 73.0. The smallest absolute Gasteiger partial charge is 0.306 e. The van der Waals surface area contributed by atoms with Crippen molar-refractivity contribution in [2.45, 2.75) is 329 Å². The van der Waals surface area contributed by atoms with E-state index >= 15 is 0 Å². The molecule has 0 aromatic heterocycles. The summed E-state index contributed by atoms with van der Waals surface area (Å²) in [5.74, 6) is -0.883. The fourth-order valence-corrected chi connectivity index (χ4v) is 8.90. The normalized spacial score (nSPS) is 12.3. The molecule has 0 aliphatic heterocycles. The second-order valence-electron chi connectivity index (χ2n) is 20.6. The Kier molecular flexibility index (Phi) is 56.7. The van der Waals surface area contributed by atoms with Crippen LogP contribution in [0, 0.1) is 0 Å². The number of unbranched alkanes of at least 4 members (excludes halogenated alkanes) is 37. The molecule has 6 heteroatoms. The molecule has 0 saturated heterocycles. The minimum absolute atomic E-state index is 0.0753. The van der Waals surface area contributed by atoms with E-state index in [0.29, 0.717) is 19.3 Å². The van der Waals surface area contributed by atoms with Gasteiger partial charge in [0.15, 0.2) is 6.10 Å². The molecule has 0 bridgehead atoms. The molecule has 0 rings (SSSR count). The molecule has 1 atom stereocenters. The molecule has 0 aromatic rings. The zero-order valence-corrected chi connectivity index (χ0v) is 46.8. The SMILES string of the molecule is CCCC/C=C\C/C=C\CCCCCCCC(=O)OC(COC(=O)CCCCCCCCC)COC(=O)CCCCCCCCCCCCCCCCCCCCC/C=C\C/C=C\CCCCCCC. The van der Waals surface area contributed by atoms with Gasteiger partial charge in [0.1, 0.15) is 13.2 Å². The van der Waals surface area contributed by atoms with E-state index in [2.05, 4.69) is 69.4 Å². The molecule has 0 radical (unpaired) electrons. The molecule has 0 amide bonds. The molecule has 0 aliphatic carbocycles. The van der Waals surface area contributed by atoms with Crippen molar-refractivity contribution in [1.82, 2.24) is 0 Å². The van der Waals surface area contributed by atoms with Gasteiger partial charge in [-0.05, 0) is 77.0 Å². The van der Waals surface area contributed by atoms with Gasteiger partial charge in [0, 0.05) is 19.3 Å². The summed E-state index contributed by atoms with van der Waals surface area (Å²) < 4.78 is 16.8. The number of ether oxygens (including phenoxy) is 3. The monoisotopic (exact) mass is 981 g/mol. The first kappa shape index (κ1) is 67.4. The Morgan fingerprint density at radius 1 is 0.286 bits per heavy atom. The summed E-state index contributed by atoms with van der Waals surface area (Å²) in [6, 6.07) is 0. The maximum Gasteiger partial charge on any atom is 0.306 e. The fourth-order valence-electron chi connectivity index (χ4n) is 8.90. The van der Waals surface area contributed by atoms with Gasteiger partial charge in [-0.2, -0.15) is 0 Å². The third-order valence-corrected chi connectivity index (χ3v) is 13.6. The van der Waals surface area contributed by atoms with Gasteiger partial charge in [-0.25, -0.2) is 0 Å². The van der Waals surface area contributed by atoms with Crippen molar-refractivity contribution in [3.05, 3.63) is 48.6 Å². The first-order valence-electron chi connectivity index (χ1n) is 30.6. The molecular formula is C64H116O6. The first-order valence-corrected chi connectivity index (χ1v) is 30.6. The number of rotatable bonds is 56. The van der Waals surface area contributed by atoms with E-state index in [-0.39, 0.29) is 31.1 Å². The third-order valence-electron chi connectivity index (χ3n) is 13.6. The highest BCUT2D eigenvalue weighted by atomic mass is 16.6. The Morgan fingerprint density at radius 3 is 0.829 bits per heavy atom. The molecule has 0 heterocycles. The predicted molar refractivity (Wildman–Crippen MR) is 302 cm³/mol. The van der Waals surface area contributed by atoms with Crippen molar-refractivity contribution in [3.8, 4) is 0 Å². The van der Waals surface area contributed by atoms with Crippen molar-refractivity contribution in [2.75, 3.05) is 13.2 Å². The second kappa shape index (κ2) is 58.9. The van der Waals surface area contributed by atoms with Gasteiger partial charge >= 0.3 is 17.9 Å². The quantitative estimate of drug-likeness (QED) is 0.0261. The summed E-state index contributed by atoms with van der Waals surface area (Å²) in [6.45, 7) is 6.56. The molecule has 6 nitrogen and oxygen atoms in total. The topological polar surface area (TPSA) is 78.9 Å². The van der Waals surface area contributed by atoms with E-state index in [0.717, 1.165) is 89.9 Å². The Hall–Kier alpha value is -2.63. The Labute approximate surface area is 435 Å². The van der Waals surface area contributed by atoms with Gasteiger partial charge in [0.25, 0.3) is 0 Å². The Morgan fingerprint density at radius 2 is 0.529 bits per heavy atom. The molecule has 0 spiro atoms. The van der Waals surface area contributed by atoms with Crippen molar-refractivity contribution < 1.29 is 28.6 Å². The molecule has 0 saturated carbocycles. The van der Waals surface area contributed by atoms with Crippen LogP contribution in [-0.2, 0) is 28.6 Å². The number of carbonyl (C=O) groups is 3. The molecule has 0 aliphatic rings. The van der Waals surface area contributed by atoms with Crippen LogP contribution in [0.5, 0.6) is 0 Å². The largest absolute Gasteiger partial charge is 0.462 e. The van der Waals surface area contributed by atoms with Crippen molar-refractivity contribution >= 4 is 17.9 Å². The van der Waals surface area contributed by atoms with Crippen LogP contribution < -0.4 is 0 Å². The average Bonchev–Trinajstić information content (AvgIpc) is 3.36. The second-order valence-corrected chi connectivity index (χ2v) is 20.6. The maximum absolute atomic E-state index is 12.8. The van der Waals surface area contributed by atoms with E-state index < -0.39 is 6.10 Å². The average molecular weight is 982 g/mol. The van der Waals surface area contributed by atoms with Gasteiger partial charge in [-0.15, -0.1) is 0 Å². The standard InChI is InChI=1S/C64H116O6/c1-4-7-10-13-16-18-20-22-24-25-26-27-28-29-30-31-32-33-34-35-36-37-38-39-40-42-43-45-48-51-54-57-63(66)69-60-61(59-68-62(65)56-53-50-47-15-12-9-6-3)70-64(67)58-55-52-49-46-44-41-23-21-19-17-14-11-8-5-2/h14,17,20-23,25-26,61H,4-13,15-16,18-19,24,27-60H2,1-3H3/b17-14-,22-20-,23-21-,26-25-. The summed E-state index contributed by atoms with van der Waals surface area (Å²) >= 11 is 0. The van der Waals surface area contributed by atoms with Gasteiger partial charge in [-0.1, -0.05) is 275 Å². The lowest BCUT2D eigenvalue weighted by molar-refractivity contribution is -0.167. The van der Waals surface area contributed by atoms with E-state index in [1.807, 2.05) is 0 Å². The van der Waals surface area contributed by atoms with E-state index in [1.54, 1.807) is 0 Å². The molecule has 70 heavy (non-hydrogen) atoms. The molecule has 1 unspecified atom stereocenters. The van der Waals surface area contributed by atoms with Crippen LogP contribution in [0.25, 0.3) is 0 Å². The highest BCUT2D eigenvalue weighted by Crippen LogP contribution is 2.17. The molecule has 0 fully saturated rings. The molecule has 0 aromatic carbocycles. The van der Waals surface area contributed by atoms with Crippen LogP contribution in [0.15, 0.2) is 48.6 Å². The maximum atomic E-state index is 12.8. The fraction of sp³-hybridized carbons (Fsp3) is 0.828. The minimum Gasteiger partial charge on any atom is -0.462 e. The van der Waals surface area contributed by atoms with Gasteiger partial charge in [0.05, 0.1) is 0 Å². The number of allylic oxidation sites excluding steroid dienone is 8. The number of esters is 3. The van der Waals surface area contributed by atoms with Crippen LogP contribution in [0.2, 0.25) is 0 Å². The summed E-state index contributed by atoms with van der Waals surface area (Å²) in [5.41, 5.74) is 0. The highest BCUT2D eigenvalue weighted by Gasteiger charge is 2.19. The summed E-state index contributed by atoms with van der Waals surface area (Å²) in [7, 11) is 0. The van der Waals surface area contributed by atoms with Crippen molar-refractivity contribution in [1.29, 1.82) is 0 Å². The lowest BCUT2D eigenvalue weighted by atomic mass is 10.0. The van der Waals surface area contributed by atoms with E-state index in [9.17, 15) is 14.4 Å². The number of hydrogen-bond donors (Lipinski definition) is 0. The first-order chi connectivity index (χ1) is 34.5. The van der Waals surface area contributed by atoms with Gasteiger partial charge in [0.2, 0.25) is 0 Å². The molecular weight excluding hydrogens is 865 g/mol. The Bertz CT molecular complexity index is 1220. The van der Waals surface area contributed by atoms with Crippen LogP contribution in [0.4, 0.5) is 0 Å². The van der Waals surface area contributed by atoms with Crippen LogP contribution in [0.3, 0.4) is 0 Å². The molecule has 0 N–H and O–H groups in total. The van der Waals surface area contributed by atoms with Crippen LogP contribution in [0.1, 0.15) is 323 Å². The summed E-state index contributed by atoms with van der Waals surface area (Å²) in [4.78, 5) is 37.9. The lowest BCUT2D eigenvalue weighted by Gasteiger charge is -2.18. The predicted octanol–water partition coefficient (Wildman–Crippen LogP) is 20.6. The Balaban J connectivity index is 3.99. The minimum atomic E-state index is -0.775. The zero-order valence-electron chi connectivity index (χ0n) is 46.8. The molecule has 408 valence electrons. The van der Waals surface area contributed by atoms with Gasteiger partial charge < -0.3 is 14.2 Å². The number of carbonyl (C=O) groups excluding carboxylic acids is 3. The number of hydrogen-bond acceptors (Lipinski definition) is 6. The van der Waals surface area contributed by atoms with Crippen molar-refractivity contribution in [3.63, 3.8) is 0 Å². The lowest BCUT2D eigenvalue weighted by Crippen LogP contribution is -2.30. The van der Waals surface area contributed by atoms with Gasteiger partial charge in [-0.3, -0.25) is 14.4 Å². The third kappa shape index (κ3) is 56.3. The van der Waals surface area contributed by atoms with E-state index in [4.69, 9.17) is 14.2 Å².